The van der Waals surface area contributed by atoms with Crippen LogP contribution in [-0.4, -0.2) is 64.9 Å². The zero-order valence-electron chi connectivity index (χ0n) is 11.7. The van der Waals surface area contributed by atoms with Crippen molar-refractivity contribution >= 4 is 17.9 Å². The first kappa shape index (κ1) is 19.3. The van der Waals surface area contributed by atoms with Gasteiger partial charge in [-0.25, -0.2) is 0 Å². The van der Waals surface area contributed by atoms with Crippen LogP contribution >= 0.6 is 0 Å². The lowest BCUT2D eigenvalue weighted by atomic mass is 10.1. The molecule has 0 saturated heterocycles. The molecule has 0 heterocycles. The second-order valence-electron chi connectivity index (χ2n) is 4.61. The Kier molecular flexibility index (Phi) is 10.1. The maximum absolute atomic E-state index is 11.0. The molecule has 2 atom stereocenters. The predicted octanol–water partition coefficient (Wildman–Crippen LogP) is -1.32. The topological polar surface area (TPSA) is 162 Å². The molecule has 0 bridgehead atoms. The molecule has 0 saturated carbocycles. The van der Waals surface area contributed by atoms with Gasteiger partial charge in [0.2, 0.25) is 0 Å². The van der Waals surface area contributed by atoms with Crippen LogP contribution < -0.4 is 16.4 Å². The first-order valence-corrected chi connectivity index (χ1v) is 6.71. The second kappa shape index (κ2) is 11.0. The van der Waals surface area contributed by atoms with Crippen LogP contribution in [0.3, 0.4) is 0 Å². The average molecular weight is 305 g/mol. The van der Waals surface area contributed by atoms with Crippen LogP contribution in [0.15, 0.2) is 0 Å². The van der Waals surface area contributed by atoms with Gasteiger partial charge in [0, 0.05) is 6.42 Å². The van der Waals surface area contributed by atoms with E-state index >= 15 is 0 Å². The van der Waals surface area contributed by atoms with Crippen molar-refractivity contribution in [3.8, 4) is 0 Å². The van der Waals surface area contributed by atoms with E-state index in [0.717, 1.165) is 0 Å². The van der Waals surface area contributed by atoms with Crippen LogP contribution in [0.4, 0.5) is 0 Å². The van der Waals surface area contributed by atoms with E-state index in [1.807, 2.05) is 0 Å². The Morgan fingerprint density at radius 2 is 1.62 bits per heavy atom. The first-order chi connectivity index (χ1) is 9.84. The van der Waals surface area contributed by atoms with Gasteiger partial charge in [0.15, 0.2) is 0 Å². The van der Waals surface area contributed by atoms with Crippen molar-refractivity contribution in [3.63, 3.8) is 0 Å². The molecular weight excluding hydrogens is 282 g/mol. The van der Waals surface area contributed by atoms with E-state index in [4.69, 9.17) is 21.1 Å². The van der Waals surface area contributed by atoms with Crippen molar-refractivity contribution in [2.45, 2.75) is 37.8 Å². The fourth-order valence-corrected chi connectivity index (χ4v) is 1.59. The Morgan fingerprint density at radius 3 is 2.14 bits per heavy atom. The third-order valence-corrected chi connectivity index (χ3v) is 2.82. The summed E-state index contributed by atoms with van der Waals surface area (Å²) in [5.41, 5.74) is 5.31. The smallest absolute Gasteiger partial charge is 0.320 e. The van der Waals surface area contributed by atoms with Crippen LogP contribution in [0.25, 0.3) is 0 Å². The molecule has 0 amide bonds. The molecule has 0 fully saturated rings. The minimum atomic E-state index is -1.12. The molecule has 0 aliphatic rings. The Balaban J connectivity index is 3.80. The van der Waals surface area contributed by atoms with Crippen molar-refractivity contribution in [3.05, 3.63) is 0 Å². The van der Waals surface area contributed by atoms with Crippen molar-refractivity contribution in [1.29, 1.82) is 0 Å². The highest BCUT2D eigenvalue weighted by molar-refractivity contribution is 5.74. The maximum atomic E-state index is 11.0. The number of hydrogen-bond donors (Lipinski definition) is 6. The average Bonchev–Trinajstić information content (AvgIpc) is 2.39. The van der Waals surface area contributed by atoms with Gasteiger partial charge in [-0.2, -0.15) is 0 Å². The second-order valence-corrected chi connectivity index (χ2v) is 4.61. The minimum Gasteiger partial charge on any atom is -0.481 e. The van der Waals surface area contributed by atoms with Gasteiger partial charge in [-0.05, 0) is 38.9 Å². The number of aliphatic carboxylic acids is 3. The predicted molar refractivity (Wildman–Crippen MR) is 74.0 cm³/mol. The van der Waals surface area contributed by atoms with E-state index in [9.17, 15) is 14.4 Å². The summed E-state index contributed by atoms with van der Waals surface area (Å²) in [6.07, 6.45) is 1.00. The molecule has 7 N–H and O–H groups in total. The minimum absolute atomic E-state index is 0.0701. The number of hydrogen-bond acceptors (Lipinski definition) is 6. The van der Waals surface area contributed by atoms with E-state index in [1.54, 1.807) is 0 Å². The number of rotatable bonds is 13. The molecule has 9 nitrogen and oxygen atoms in total. The molecule has 0 unspecified atom stereocenters. The molecule has 0 aromatic rings. The number of carbonyl (C=O) groups is 3. The first-order valence-electron chi connectivity index (χ1n) is 6.71. The molecule has 0 aromatic carbocycles. The molecule has 0 aromatic heterocycles. The summed E-state index contributed by atoms with van der Waals surface area (Å²) in [6, 6.07) is -1.81. The van der Waals surface area contributed by atoms with Crippen LogP contribution in [0.2, 0.25) is 0 Å². The summed E-state index contributed by atoms with van der Waals surface area (Å²) in [4.78, 5) is 31.8. The Morgan fingerprint density at radius 1 is 0.952 bits per heavy atom. The van der Waals surface area contributed by atoms with Crippen molar-refractivity contribution in [1.82, 2.24) is 10.6 Å². The zero-order valence-corrected chi connectivity index (χ0v) is 11.7. The van der Waals surface area contributed by atoms with E-state index in [1.165, 1.54) is 0 Å². The fraction of sp³-hybridized carbons (Fsp3) is 0.750. The van der Waals surface area contributed by atoms with Gasteiger partial charge in [0.25, 0.3) is 0 Å². The standard InChI is InChI=1S/C12H23N3O6/c13-8(11(18)19)3-7-15-9(12(20)21)4-6-14-5-1-2-10(16)17/h8-9,14-15H,1-7,13H2,(H,16,17)(H,18,19)(H,20,21)/t8-,9-/m0/s1. The maximum Gasteiger partial charge on any atom is 0.320 e. The zero-order chi connectivity index (χ0) is 16.3. The fourth-order valence-electron chi connectivity index (χ4n) is 1.59. The van der Waals surface area contributed by atoms with Gasteiger partial charge >= 0.3 is 17.9 Å². The summed E-state index contributed by atoms with van der Waals surface area (Å²) in [6.45, 7) is 1.13. The van der Waals surface area contributed by atoms with Gasteiger partial charge in [-0.15, -0.1) is 0 Å². The summed E-state index contributed by atoms with van der Waals surface area (Å²) in [7, 11) is 0. The molecule has 9 heteroatoms. The van der Waals surface area contributed by atoms with Crippen LogP contribution in [-0.2, 0) is 14.4 Å². The lowest BCUT2D eigenvalue weighted by molar-refractivity contribution is -0.139. The monoisotopic (exact) mass is 305 g/mol. The molecule has 0 aliphatic heterocycles. The highest BCUT2D eigenvalue weighted by Crippen LogP contribution is 1.94. The molecule has 21 heavy (non-hydrogen) atoms. The third kappa shape index (κ3) is 10.7. The van der Waals surface area contributed by atoms with Crippen LogP contribution in [0.5, 0.6) is 0 Å². The number of carboxylic acid groups (broad SMARTS) is 3. The molecule has 122 valence electrons. The van der Waals surface area contributed by atoms with Crippen molar-refractivity contribution in [2.75, 3.05) is 19.6 Å². The summed E-state index contributed by atoms with van der Waals surface area (Å²) >= 11 is 0. The van der Waals surface area contributed by atoms with Crippen LogP contribution in [0.1, 0.15) is 25.7 Å². The van der Waals surface area contributed by atoms with Crippen molar-refractivity contribution < 1.29 is 29.7 Å². The molecule has 0 spiro atoms. The highest BCUT2D eigenvalue weighted by atomic mass is 16.4. The number of nitrogens with two attached hydrogens (primary N) is 1. The highest BCUT2D eigenvalue weighted by Gasteiger charge is 2.17. The van der Waals surface area contributed by atoms with E-state index in [-0.39, 0.29) is 19.4 Å². The Labute approximate surface area is 122 Å². The summed E-state index contributed by atoms with van der Waals surface area (Å²) in [5, 5.41) is 31.7. The largest absolute Gasteiger partial charge is 0.481 e. The normalized spacial score (nSPS) is 13.6. The molecular formula is C12H23N3O6. The molecule has 0 rings (SSSR count). The van der Waals surface area contributed by atoms with Gasteiger partial charge < -0.3 is 31.7 Å². The molecule has 0 aliphatic carbocycles. The number of carboxylic acids is 3. The third-order valence-electron chi connectivity index (χ3n) is 2.82. The lowest BCUT2D eigenvalue weighted by Crippen LogP contribution is -2.42. The van der Waals surface area contributed by atoms with Gasteiger partial charge in [0.1, 0.15) is 12.1 Å². The summed E-state index contributed by atoms with van der Waals surface area (Å²) < 4.78 is 0. The van der Waals surface area contributed by atoms with Crippen molar-refractivity contribution in [2.24, 2.45) is 5.73 Å². The van der Waals surface area contributed by atoms with E-state index < -0.39 is 30.0 Å². The van der Waals surface area contributed by atoms with E-state index in [2.05, 4.69) is 10.6 Å². The van der Waals surface area contributed by atoms with Crippen LogP contribution in [0, 0.1) is 0 Å². The lowest BCUT2D eigenvalue weighted by Gasteiger charge is -2.15. The van der Waals surface area contributed by atoms with Gasteiger partial charge in [-0.3, -0.25) is 14.4 Å². The Bertz CT molecular complexity index is 350. The quantitative estimate of drug-likeness (QED) is 0.226. The van der Waals surface area contributed by atoms with E-state index in [0.29, 0.717) is 25.9 Å². The van der Waals surface area contributed by atoms with Gasteiger partial charge in [0.05, 0.1) is 0 Å². The Hall–Kier alpha value is -1.71. The molecule has 0 radical (unpaired) electrons. The number of nitrogens with one attached hydrogen (secondary N) is 2. The SMILES string of the molecule is N[C@@H](CCN[C@@H](CCNCCCC(=O)O)C(=O)O)C(=O)O. The van der Waals surface area contributed by atoms with Gasteiger partial charge in [-0.1, -0.05) is 0 Å². The summed E-state index contributed by atoms with van der Waals surface area (Å²) in [5.74, 6) is -3.01.